The number of hydrogen-bond donors (Lipinski definition) is 1. The van der Waals surface area contributed by atoms with Crippen LogP contribution in [0.3, 0.4) is 0 Å². The second-order valence-electron chi connectivity index (χ2n) is 5.81. The molecule has 4 nitrogen and oxygen atoms in total. The lowest BCUT2D eigenvalue weighted by Crippen LogP contribution is -2.38. The summed E-state index contributed by atoms with van der Waals surface area (Å²) in [5.74, 6) is 1.68. The minimum Gasteiger partial charge on any atom is -0.392 e. The van der Waals surface area contributed by atoms with E-state index in [-0.39, 0.29) is 6.61 Å². The number of rotatable bonds is 7. The Morgan fingerprint density at radius 1 is 1.45 bits per heavy atom. The van der Waals surface area contributed by atoms with Crippen molar-refractivity contribution in [3.63, 3.8) is 0 Å². The number of aryl methyl sites for hydroxylation is 2. The van der Waals surface area contributed by atoms with Gasteiger partial charge in [0.1, 0.15) is 5.82 Å². The fourth-order valence-electron chi connectivity index (χ4n) is 2.80. The first-order valence-electron chi connectivity index (χ1n) is 7.42. The number of aliphatic hydroxyl groups excluding tert-OH is 1. The molecule has 2 rings (SSSR count). The Morgan fingerprint density at radius 3 is 2.70 bits per heavy atom. The summed E-state index contributed by atoms with van der Waals surface area (Å²) in [4.78, 5) is 7.01. The number of aromatic nitrogens is 1. The molecule has 1 aliphatic rings. The Balaban J connectivity index is 2.35. The van der Waals surface area contributed by atoms with E-state index in [1.807, 2.05) is 19.9 Å². The van der Waals surface area contributed by atoms with Crippen LogP contribution in [0.25, 0.3) is 0 Å². The van der Waals surface area contributed by atoms with Crippen LogP contribution in [0.1, 0.15) is 36.6 Å². The molecule has 1 atom stereocenters. The van der Waals surface area contributed by atoms with E-state index in [0.717, 1.165) is 35.1 Å². The van der Waals surface area contributed by atoms with Crippen molar-refractivity contribution in [3.8, 4) is 0 Å². The van der Waals surface area contributed by atoms with Gasteiger partial charge in [-0.2, -0.15) is 0 Å². The third kappa shape index (κ3) is 3.30. The van der Waals surface area contributed by atoms with Crippen molar-refractivity contribution in [2.45, 2.75) is 46.3 Å². The zero-order valence-electron chi connectivity index (χ0n) is 13.0. The van der Waals surface area contributed by atoms with E-state index in [2.05, 4.69) is 11.8 Å². The maximum Gasteiger partial charge on any atom is 0.134 e. The van der Waals surface area contributed by atoms with Gasteiger partial charge in [0.15, 0.2) is 0 Å². The van der Waals surface area contributed by atoms with E-state index in [0.29, 0.717) is 12.6 Å². The number of aliphatic hydroxyl groups is 1. The molecule has 20 heavy (non-hydrogen) atoms. The van der Waals surface area contributed by atoms with Crippen LogP contribution in [0.15, 0.2) is 6.07 Å². The summed E-state index contributed by atoms with van der Waals surface area (Å²) >= 11 is 0. The van der Waals surface area contributed by atoms with Crippen LogP contribution >= 0.6 is 0 Å². The maximum absolute atomic E-state index is 9.70. The van der Waals surface area contributed by atoms with Gasteiger partial charge in [0.25, 0.3) is 0 Å². The van der Waals surface area contributed by atoms with E-state index in [1.54, 1.807) is 7.11 Å². The third-order valence-corrected chi connectivity index (χ3v) is 4.22. The minimum atomic E-state index is 0.0370. The lowest BCUT2D eigenvalue weighted by Gasteiger charge is -2.32. The minimum absolute atomic E-state index is 0.0370. The molecular formula is C16H26N2O2. The van der Waals surface area contributed by atoms with E-state index >= 15 is 0 Å². The molecule has 0 saturated heterocycles. The van der Waals surface area contributed by atoms with Crippen LogP contribution < -0.4 is 4.90 Å². The van der Waals surface area contributed by atoms with Crippen molar-refractivity contribution in [1.29, 1.82) is 0 Å². The van der Waals surface area contributed by atoms with Crippen LogP contribution in [-0.4, -0.2) is 36.4 Å². The largest absolute Gasteiger partial charge is 0.392 e. The molecule has 1 N–H and O–H groups in total. The molecule has 1 fully saturated rings. The Morgan fingerprint density at radius 2 is 2.15 bits per heavy atom. The van der Waals surface area contributed by atoms with Crippen molar-refractivity contribution in [2.24, 2.45) is 5.92 Å². The Kier molecular flexibility index (Phi) is 5.00. The van der Waals surface area contributed by atoms with Crippen LogP contribution in [-0.2, 0) is 11.3 Å². The Bertz CT molecular complexity index is 458. The van der Waals surface area contributed by atoms with Gasteiger partial charge in [-0.25, -0.2) is 4.98 Å². The molecule has 1 aromatic rings. The molecule has 0 amide bonds. The Labute approximate surface area is 121 Å². The van der Waals surface area contributed by atoms with E-state index in [4.69, 9.17) is 9.72 Å². The van der Waals surface area contributed by atoms with Crippen LogP contribution in [0.4, 0.5) is 5.82 Å². The van der Waals surface area contributed by atoms with Crippen LogP contribution in [0.5, 0.6) is 0 Å². The monoisotopic (exact) mass is 278 g/mol. The van der Waals surface area contributed by atoms with Gasteiger partial charge >= 0.3 is 0 Å². The average molecular weight is 278 g/mol. The normalized spacial score (nSPS) is 16.2. The fraction of sp³-hybridized carbons (Fsp3) is 0.688. The second-order valence-corrected chi connectivity index (χ2v) is 5.81. The third-order valence-electron chi connectivity index (χ3n) is 4.22. The van der Waals surface area contributed by atoms with E-state index in [1.165, 1.54) is 12.8 Å². The quantitative estimate of drug-likeness (QED) is 0.832. The van der Waals surface area contributed by atoms with Crippen molar-refractivity contribution >= 4 is 5.82 Å². The summed E-state index contributed by atoms with van der Waals surface area (Å²) in [6.07, 6.45) is 2.59. The standard InChI is InChI=1S/C16H26N2O2/c1-11-9-12(2)17-16(15(11)10-19)18(7-8-20-4)13(3)14-5-6-14/h9,13-14,19H,5-8,10H2,1-4H3. The topological polar surface area (TPSA) is 45.6 Å². The van der Waals surface area contributed by atoms with E-state index in [9.17, 15) is 5.11 Å². The number of nitrogens with zero attached hydrogens (tertiary/aromatic N) is 2. The maximum atomic E-state index is 9.70. The van der Waals surface area contributed by atoms with Crippen molar-refractivity contribution in [2.75, 3.05) is 25.2 Å². The number of methoxy groups -OCH3 is 1. The first-order valence-corrected chi connectivity index (χ1v) is 7.42. The lowest BCUT2D eigenvalue weighted by molar-refractivity contribution is 0.202. The summed E-state index contributed by atoms with van der Waals surface area (Å²) in [5.41, 5.74) is 3.06. The van der Waals surface area contributed by atoms with Gasteiger partial charge in [-0.3, -0.25) is 0 Å². The van der Waals surface area contributed by atoms with Crippen LogP contribution in [0.2, 0.25) is 0 Å². The fourth-order valence-corrected chi connectivity index (χ4v) is 2.80. The molecule has 0 spiro atoms. The van der Waals surface area contributed by atoms with Gasteiger partial charge in [0.05, 0.1) is 13.2 Å². The van der Waals surface area contributed by atoms with Crippen molar-refractivity contribution in [1.82, 2.24) is 4.98 Å². The van der Waals surface area contributed by atoms with Crippen molar-refractivity contribution in [3.05, 3.63) is 22.9 Å². The summed E-state index contributed by atoms with van der Waals surface area (Å²) in [6.45, 7) is 7.84. The molecule has 0 aromatic carbocycles. The van der Waals surface area contributed by atoms with Gasteiger partial charge in [-0.15, -0.1) is 0 Å². The van der Waals surface area contributed by atoms with Gasteiger partial charge in [0, 0.05) is 31.0 Å². The molecule has 1 aromatic heterocycles. The number of pyridine rings is 1. The summed E-state index contributed by atoms with van der Waals surface area (Å²) in [5, 5.41) is 9.70. The highest BCUT2D eigenvalue weighted by molar-refractivity contribution is 5.52. The highest BCUT2D eigenvalue weighted by Crippen LogP contribution is 2.37. The summed E-state index contributed by atoms with van der Waals surface area (Å²) < 4.78 is 5.25. The average Bonchev–Trinajstić information content (AvgIpc) is 3.22. The molecule has 1 heterocycles. The summed E-state index contributed by atoms with van der Waals surface area (Å²) in [6, 6.07) is 2.48. The SMILES string of the molecule is COCCN(c1nc(C)cc(C)c1CO)C(C)C1CC1. The van der Waals surface area contributed by atoms with E-state index < -0.39 is 0 Å². The first-order chi connectivity index (χ1) is 9.58. The first kappa shape index (κ1) is 15.3. The zero-order chi connectivity index (χ0) is 14.7. The number of ether oxygens (including phenoxy) is 1. The predicted octanol–water partition coefficient (Wildman–Crippen LogP) is 2.44. The molecule has 1 unspecified atom stereocenters. The van der Waals surface area contributed by atoms with Crippen LogP contribution in [0, 0.1) is 19.8 Å². The predicted molar refractivity (Wildman–Crippen MR) is 81.0 cm³/mol. The molecule has 112 valence electrons. The van der Waals surface area contributed by atoms with Crippen molar-refractivity contribution < 1.29 is 9.84 Å². The summed E-state index contributed by atoms with van der Waals surface area (Å²) in [7, 11) is 1.72. The molecule has 1 aliphatic carbocycles. The smallest absolute Gasteiger partial charge is 0.134 e. The molecule has 0 radical (unpaired) electrons. The molecular weight excluding hydrogens is 252 g/mol. The molecule has 1 saturated carbocycles. The second kappa shape index (κ2) is 6.55. The lowest BCUT2D eigenvalue weighted by atomic mass is 10.1. The molecule has 0 aliphatic heterocycles. The number of anilines is 1. The highest BCUT2D eigenvalue weighted by Gasteiger charge is 2.33. The van der Waals surface area contributed by atoms with Gasteiger partial charge in [-0.05, 0) is 51.2 Å². The zero-order valence-corrected chi connectivity index (χ0v) is 13.0. The molecule has 0 bridgehead atoms. The molecule has 4 heteroatoms. The van der Waals surface area contributed by atoms with Gasteiger partial charge in [0.2, 0.25) is 0 Å². The van der Waals surface area contributed by atoms with Gasteiger partial charge < -0.3 is 14.7 Å². The highest BCUT2D eigenvalue weighted by atomic mass is 16.5. The number of hydrogen-bond acceptors (Lipinski definition) is 4. The Hall–Kier alpha value is -1.13. The van der Waals surface area contributed by atoms with Gasteiger partial charge in [-0.1, -0.05) is 0 Å².